The number of amides is 1. The summed E-state index contributed by atoms with van der Waals surface area (Å²) in [5.41, 5.74) is 0. The SMILES string of the molecule is CNCCCC(=O)NC1CCC(C(F)(F)F)CC1.Cl. The second kappa shape index (κ2) is 8.64. The van der Waals surface area contributed by atoms with Crippen LogP contribution in [0.3, 0.4) is 0 Å². The Kier molecular flexibility index (Phi) is 8.41. The van der Waals surface area contributed by atoms with E-state index in [1.165, 1.54) is 0 Å². The quantitative estimate of drug-likeness (QED) is 0.767. The van der Waals surface area contributed by atoms with Crippen molar-refractivity contribution in [3.63, 3.8) is 0 Å². The maximum absolute atomic E-state index is 12.4. The molecule has 0 saturated heterocycles. The zero-order valence-corrected chi connectivity index (χ0v) is 11.9. The molecule has 7 heteroatoms. The Morgan fingerprint density at radius 1 is 1.21 bits per heavy atom. The highest BCUT2D eigenvalue weighted by molar-refractivity contribution is 5.85. The normalized spacial score (nSPS) is 23.6. The van der Waals surface area contributed by atoms with Crippen molar-refractivity contribution in [3.8, 4) is 0 Å². The zero-order valence-electron chi connectivity index (χ0n) is 11.1. The van der Waals surface area contributed by atoms with Gasteiger partial charge in [-0.25, -0.2) is 0 Å². The van der Waals surface area contributed by atoms with Gasteiger partial charge in [-0.15, -0.1) is 12.4 Å². The Balaban J connectivity index is 0.00000324. The highest BCUT2D eigenvalue weighted by atomic mass is 35.5. The summed E-state index contributed by atoms with van der Waals surface area (Å²) >= 11 is 0. The van der Waals surface area contributed by atoms with Crippen LogP contribution in [-0.4, -0.2) is 31.7 Å². The lowest BCUT2D eigenvalue weighted by Crippen LogP contribution is -2.40. The standard InChI is InChI=1S/C12H21F3N2O.ClH/c1-16-8-2-3-11(18)17-10-6-4-9(5-7-10)12(13,14)15;/h9-10,16H,2-8H2,1H3,(H,17,18);1H. The van der Waals surface area contributed by atoms with Crippen LogP contribution < -0.4 is 10.6 Å². The van der Waals surface area contributed by atoms with Crippen molar-refractivity contribution in [2.24, 2.45) is 5.92 Å². The Labute approximate surface area is 118 Å². The maximum atomic E-state index is 12.4. The number of hydrogen-bond donors (Lipinski definition) is 2. The first-order valence-electron chi connectivity index (χ1n) is 6.44. The second-order valence-electron chi connectivity index (χ2n) is 4.86. The summed E-state index contributed by atoms with van der Waals surface area (Å²) in [5.74, 6) is -1.24. The summed E-state index contributed by atoms with van der Waals surface area (Å²) in [6, 6.07) is -0.0781. The molecule has 19 heavy (non-hydrogen) atoms. The maximum Gasteiger partial charge on any atom is 0.391 e. The summed E-state index contributed by atoms with van der Waals surface area (Å²) in [4.78, 5) is 11.5. The molecule has 0 atom stereocenters. The van der Waals surface area contributed by atoms with E-state index in [0.717, 1.165) is 13.0 Å². The molecule has 0 aliphatic heterocycles. The number of nitrogens with one attached hydrogen (secondary N) is 2. The molecule has 1 aliphatic carbocycles. The summed E-state index contributed by atoms with van der Waals surface area (Å²) in [6.45, 7) is 0.772. The molecule has 0 heterocycles. The number of alkyl halides is 3. The van der Waals surface area contributed by atoms with Crippen molar-refractivity contribution in [2.75, 3.05) is 13.6 Å². The molecule has 0 aromatic rings. The summed E-state index contributed by atoms with van der Waals surface area (Å²) < 4.78 is 37.3. The van der Waals surface area contributed by atoms with Crippen LogP contribution in [0.5, 0.6) is 0 Å². The zero-order chi connectivity index (χ0) is 13.6. The third kappa shape index (κ3) is 7.01. The second-order valence-corrected chi connectivity index (χ2v) is 4.86. The first-order valence-corrected chi connectivity index (χ1v) is 6.44. The van der Waals surface area contributed by atoms with Gasteiger partial charge in [0.05, 0.1) is 5.92 Å². The lowest BCUT2D eigenvalue weighted by molar-refractivity contribution is -0.182. The average Bonchev–Trinajstić information content (AvgIpc) is 2.29. The van der Waals surface area contributed by atoms with E-state index in [0.29, 0.717) is 19.3 Å². The smallest absolute Gasteiger partial charge is 0.353 e. The molecule has 1 amide bonds. The lowest BCUT2D eigenvalue weighted by Gasteiger charge is -2.30. The van der Waals surface area contributed by atoms with Crippen molar-refractivity contribution < 1.29 is 18.0 Å². The molecule has 1 saturated carbocycles. The minimum atomic E-state index is -4.08. The first kappa shape index (κ1) is 18.5. The Hall–Kier alpha value is -0.490. The molecule has 0 radical (unpaired) electrons. The fraction of sp³-hybridized carbons (Fsp3) is 0.917. The molecule has 0 unspecified atom stereocenters. The molecule has 0 bridgehead atoms. The third-order valence-electron chi connectivity index (χ3n) is 3.39. The highest BCUT2D eigenvalue weighted by Gasteiger charge is 2.41. The van der Waals surface area contributed by atoms with Crippen molar-refractivity contribution in [1.29, 1.82) is 0 Å². The Morgan fingerprint density at radius 3 is 2.26 bits per heavy atom. The Morgan fingerprint density at radius 2 is 1.79 bits per heavy atom. The van der Waals surface area contributed by atoms with Gasteiger partial charge in [-0.3, -0.25) is 4.79 Å². The van der Waals surface area contributed by atoms with E-state index < -0.39 is 12.1 Å². The van der Waals surface area contributed by atoms with Crippen LogP contribution in [-0.2, 0) is 4.79 Å². The van der Waals surface area contributed by atoms with Gasteiger partial charge in [-0.2, -0.15) is 13.2 Å². The molecular weight excluding hydrogens is 281 g/mol. The average molecular weight is 303 g/mol. The molecule has 0 spiro atoms. The Bertz CT molecular complexity index is 266. The van der Waals surface area contributed by atoms with Crippen LogP contribution in [0.25, 0.3) is 0 Å². The van der Waals surface area contributed by atoms with Crippen LogP contribution in [0.1, 0.15) is 38.5 Å². The fourth-order valence-electron chi connectivity index (χ4n) is 2.29. The van der Waals surface area contributed by atoms with Crippen LogP contribution in [0.15, 0.2) is 0 Å². The molecular formula is C12H22ClF3N2O. The van der Waals surface area contributed by atoms with E-state index in [1.807, 2.05) is 7.05 Å². The monoisotopic (exact) mass is 302 g/mol. The van der Waals surface area contributed by atoms with Gasteiger partial charge < -0.3 is 10.6 Å². The number of carbonyl (C=O) groups is 1. The van der Waals surface area contributed by atoms with E-state index in [4.69, 9.17) is 0 Å². The van der Waals surface area contributed by atoms with Gasteiger partial charge in [0.15, 0.2) is 0 Å². The van der Waals surface area contributed by atoms with E-state index >= 15 is 0 Å². The van der Waals surface area contributed by atoms with Gasteiger partial charge in [0, 0.05) is 12.5 Å². The molecule has 114 valence electrons. The van der Waals surface area contributed by atoms with Gasteiger partial charge in [-0.1, -0.05) is 0 Å². The third-order valence-corrected chi connectivity index (χ3v) is 3.39. The fourth-order valence-corrected chi connectivity index (χ4v) is 2.29. The van der Waals surface area contributed by atoms with E-state index in [-0.39, 0.29) is 37.2 Å². The lowest BCUT2D eigenvalue weighted by atomic mass is 9.85. The summed E-state index contributed by atoms with van der Waals surface area (Å²) in [6.07, 6.45) is -1.78. The van der Waals surface area contributed by atoms with Gasteiger partial charge in [0.25, 0.3) is 0 Å². The first-order chi connectivity index (χ1) is 8.43. The number of carbonyl (C=O) groups excluding carboxylic acids is 1. The molecule has 1 fully saturated rings. The van der Waals surface area contributed by atoms with E-state index in [1.54, 1.807) is 0 Å². The topological polar surface area (TPSA) is 41.1 Å². The van der Waals surface area contributed by atoms with Crippen molar-refractivity contribution in [2.45, 2.75) is 50.7 Å². The van der Waals surface area contributed by atoms with Gasteiger partial charge >= 0.3 is 6.18 Å². The summed E-state index contributed by atoms with van der Waals surface area (Å²) in [7, 11) is 1.82. The minimum absolute atomic E-state index is 0. The van der Waals surface area contributed by atoms with Crippen molar-refractivity contribution in [1.82, 2.24) is 10.6 Å². The van der Waals surface area contributed by atoms with Crippen LogP contribution in [0, 0.1) is 5.92 Å². The van der Waals surface area contributed by atoms with Gasteiger partial charge in [0.2, 0.25) is 5.91 Å². The number of halogens is 4. The van der Waals surface area contributed by atoms with Crippen molar-refractivity contribution in [3.05, 3.63) is 0 Å². The van der Waals surface area contributed by atoms with E-state index in [9.17, 15) is 18.0 Å². The van der Waals surface area contributed by atoms with Gasteiger partial charge in [0.1, 0.15) is 0 Å². The predicted octanol–water partition coefficient (Wildman–Crippen LogP) is 2.65. The van der Waals surface area contributed by atoms with Crippen LogP contribution in [0.4, 0.5) is 13.2 Å². The number of hydrogen-bond acceptors (Lipinski definition) is 2. The van der Waals surface area contributed by atoms with Crippen LogP contribution >= 0.6 is 12.4 Å². The molecule has 1 aliphatic rings. The largest absolute Gasteiger partial charge is 0.391 e. The number of rotatable bonds is 5. The van der Waals surface area contributed by atoms with Gasteiger partial charge in [-0.05, 0) is 45.7 Å². The minimum Gasteiger partial charge on any atom is -0.353 e. The molecule has 1 rings (SSSR count). The highest BCUT2D eigenvalue weighted by Crippen LogP contribution is 2.37. The summed E-state index contributed by atoms with van der Waals surface area (Å²) in [5, 5.41) is 5.76. The van der Waals surface area contributed by atoms with Crippen molar-refractivity contribution >= 4 is 18.3 Å². The predicted molar refractivity (Wildman–Crippen MR) is 70.4 cm³/mol. The molecule has 3 nitrogen and oxygen atoms in total. The molecule has 0 aromatic carbocycles. The molecule has 0 aromatic heterocycles. The molecule has 2 N–H and O–H groups in total. The van der Waals surface area contributed by atoms with E-state index in [2.05, 4.69) is 10.6 Å². The van der Waals surface area contributed by atoms with Crippen LogP contribution in [0.2, 0.25) is 0 Å².